The normalized spacial score (nSPS) is 15.8. The van der Waals surface area contributed by atoms with E-state index in [4.69, 9.17) is 9.47 Å². The van der Waals surface area contributed by atoms with Crippen LogP contribution in [0, 0.1) is 28.9 Å². The number of aromatic nitrogens is 1. The van der Waals surface area contributed by atoms with Gasteiger partial charge in [0, 0.05) is 25.7 Å². The number of hydrogen-bond acceptors (Lipinski definition) is 7. The number of hydrogen-bond donors (Lipinski definition) is 2. The van der Waals surface area contributed by atoms with Gasteiger partial charge in [0.1, 0.15) is 6.61 Å². The summed E-state index contributed by atoms with van der Waals surface area (Å²) < 4.78 is 56.1. The summed E-state index contributed by atoms with van der Waals surface area (Å²) in [4.78, 5) is 15.9. The molecule has 1 unspecified atom stereocenters. The molecule has 11 heteroatoms. The van der Waals surface area contributed by atoms with Crippen molar-refractivity contribution in [2.24, 2.45) is 0 Å². The summed E-state index contributed by atoms with van der Waals surface area (Å²) in [5.74, 6) is -6.49. The van der Waals surface area contributed by atoms with Crippen LogP contribution in [0.25, 0.3) is 0 Å². The Bertz CT molecular complexity index is 1300. The monoisotopic (exact) mass is 498 g/mol. The predicted octanol–water partition coefficient (Wildman–Crippen LogP) is 3.77. The molecule has 8 nitrogen and oxygen atoms in total. The van der Waals surface area contributed by atoms with Gasteiger partial charge in [0.15, 0.2) is 23.1 Å². The van der Waals surface area contributed by atoms with Crippen molar-refractivity contribution in [1.29, 1.82) is 5.26 Å². The standard InChI is InChI=1S/C25H21F3N4O4/c26-22-21(17-12-30-8-9-32(17)13-20(33)34)23(27)25(31-24(22)28)36-19-10-16(11-29)6-7-18(19)35-14-15-4-2-1-3-5-15/h1-7,10,17,30H,8-9,12-14H2,(H,33,34). The number of carboxylic acid groups (broad SMARTS) is 1. The summed E-state index contributed by atoms with van der Waals surface area (Å²) in [5.41, 5.74) is 0.286. The van der Waals surface area contributed by atoms with Crippen LogP contribution in [-0.2, 0) is 11.4 Å². The van der Waals surface area contributed by atoms with E-state index < -0.39 is 47.6 Å². The molecule has 0 saturated carbocycles. The Morgan fingerprint density at radius 3 is 2.67 bits per heavy atom. The van der Waals surface area contributed by atoms with Crippen molar-refractivity contribution >= 4 is 5.97 Å². The first-order chi connectivity index (χ1) is 17.4. The van der Waals surface area contributed by atoms with E-state index >= 15 is 4.39 Å². The van der Waals surface area contributed by atoms with E-state index in [2.05, 4.69) is 10.3 Å². The van der Waals surface area contributed by atoms with Crippen LogP contribution in [0.3, 0.4) is 0 Å². The van der Waals surface area contributed by atoms with Gasteiger partial charge < -0.3 is 19.9 Å². The average Bonchev–Trinajstić information content (AvgIpc) is 2.88. The largest absolute Gasteiger partial charge is 0.485 e. The summed E-state index contributed by atoms with van der Waals surface area (Å²) in [7, 11) is 0. The predicted molar refractivity (Wildman–Crippen MR) is 121 cm³/mol. The summed E-state index contributed by atoms with van der Waals surface area (Å²) in [6.45, 7) is 0.191. The zero-order chi connectivity index (χ0) is 25.7. The molecule has 0 radical (unpaired) electrons. The number of ether oxygens (including phenoxy) is 2. The van der Waals surface area contributed by atoms with Gasteiger partial charge in [0.25, 0.3) is 11.8 Å². The average molecular weight is 498 g/mol. The molecule has 0 aliphatic carbocycles. The van der Waals surface area contributed by atoms with Gasteiger partial charge in [-0.15, -0.1) is 0 Å². The minimum Gasteiger partial charge on any atom is -0.485 e. The summed E-state index contributed by atoms with van der Waals surface area (Å²) in [6.07, 6.45) is 0. The summed E-state index contributed by atoms with van der Waals surface area (Å²) in [6, 6.07) is 14.1. The first kappa shape index (κ1) is 25.0. The van der Waals surface area contributed by atoms with E-state index in [0.717, 1.165) is 5.56 Å². The second-order valence-electron chi connectivity index (χ2n) is 7.98. The maximum absolute atomic E-state index is 15.6. The highest BCUT2D eigenvalue weighted by molar-refractivity contribution is 5.69. The van der Waals surface area contributed by atoms with Crippen molar-refractivity contribution in [3.8, 4) is 23.4 Å². The van der Waals surface area contributed by atoms with Crippen LogP contribution in [-0.4, -0.2) is 47.1 Å². The number of carbonyl (C=O) groups is 1. The second-order valence-corrected chi connectivity index (χ2v) is 7.98. The van der Waals surface area contributed by atoms with E-state index in [-0.39, 0.29) is 36.8 Å². The number of aliphatic carboxylic acids is 1. The second kappa shape index (κ2) is 11.1. The number of nitrogens with one attached hydrogen (secondary N) is 1. The number of nitrogens with zero attached hydrogens (tertiary/aromatic N) is 3. The molecule has 1 aliphatic rings. The smallest absolute Gasteiger partial charge is 0.317 e. The van der Waals surface area contributed by atoms with Gasteiger partial charge in [-0.3, -0.25) is 9.69 Å². The summed E-state index contributed by atoms with van der Waals surface area (Å²) in [5, 5.41) is 21.4. The van der Waals surface area contributed by atoms with Crippen LogP contribution in [0.5, 0.6) is 17.4 Å². The van der Waals surface area contributed by atoms with Crippen molar-refractivity contribution in [2.75, 3.05) is 26.2 Å². The fourth-order valence-corrected chi connectivity index (χ4v) is 3.88. The minimum absolute atomic E-state index is 0.0145. The third-order valence-electron chi connectivity index (χ3n) is 5.58. The van der Waals surface area contributed by atoms with Gasteiger partial charge in [0.05, 0.1) is 29.8 Å². The first-order valence-electron chi connectivity index (χ1n) is 11.0. The molecule has 3 aromatic rings. The van der Waals surface area contributed by atoms with Crippen molar-refractivity contribution in [1.82, 2.24) is 15.2 Å². The Morgan fingerprint density at radius 2 is 1.94 bits per heavy atom. The molecule has 0 bridgehead atoms. The molecule has 4 rings (SSSR count). The Morgan fingerprint density at radius 1 is 1.17 bits per heavy atom. The molecule has 0 amide bonds. The number of carboxylic acids is 1. The molecule has 186 valence electrons. The van der Waals surface area contributed by atoms with Gasteiger partial charge in [-0.1, -0.05) is 30.3 Å². The highest BCUT2D eigenvalue weighted by Crippen LogP contribution is 2.37. The Kier molecular flexibility index (Phi) is 7.68. The number of halogens is 3. The fourth-order valence-electron chi connectivity index (χ4n) is 3.88. The van der Waals surface area contributed by atoms with E-state index in [0.29, 0.717) is 6.54 Å². The van der Waals surface area contributed by atoms with Crippen LogP contribution in [0.1, 0.15) is 22.7 Å². The molecule has 2 aromatic carbocycles. The van der Waals surface area contributed by atoms with Crippen LogP contribution in [0.4, 0.5) is 13.2 Å². The molecule has 1 saturated heterocycles. The van der Waals surface area contributed by atoms with E-state index in [1.165, 1.54) is 23.1 Å². The lowest BCUT2D eigenvalue weighted by atomic mass is 10.0. The molecular formula is C25H21F3N4O4. The lowest BCUT2D eigenvalue weighted by Crippen LogP contribution is -2.48. The number of pyridine rings is 1. The fraction of sp³-hybridized carbons (Fsp3) is 0.240. The van der Waals surface area contributed by atoms with Crippen molar-refractivity contribution < 1.29 is 32.5 Å². The third-order valence-corrected chi connectivity index (χ3v) is 5.58. The van der Waals surface area contributed by atoms with Gasteiger partial charge >= 0.3 is 5.97 Å². The zero-order valence-electron chi connectivity index (χ0n) is 18.9. The molecule has 1 fully saturated rings. The highest BCUT2D eigenvalue weighted by atomic mass is 19.2. The Hall–Kier alpha value is -4.14. The van der Waals surface area contributed by atoms with Crippen LogP contribution >= 0.6 is 0 Å². The number of benzene rings is 2. The molecule has 1 aromatic heterocycles. The number of piperazine rings is 1. The lowest BCUT2D eigenvalue weighted by Gasteiger charge is -2.35. The van der Waals surface area contributed by atoms with E-state index in [1.54, 1.807) is 0 Å². The SMILES string of the molecule is N#Cc1ccc(OCc2ccccc2)c(Oc2nc(F)c(F)c(C3CNCCN3CC(=O)O)c2F)c1. The quantitative estimate of drug-likeness (QED) is 0.452. The highest BCUT2D eigenvalue weighted by Gasteiger charge is 2.34. The molecule has 1 atom stereocenters. The van der Waals surface area contributed by atoms with Crippen molar-refractivity contribution in [3.05, 3.63) is 82.8 Å². The van der Waals surface area contributed by atoms with Gasteiger partial charge in [-0.2, -0.15) is 14.6 Å². The molecule has 0 spiro atoms. The topological polar surface area (TPSA) is 108 Å². The maximum Gasteiger partial charge on any atom is 0.317 e. The Labute approximate surface area is 204 Å². The zero-order valence-corrected chi connectivity index (χ0v) is 18.9. The van der Waals surface area contributed by atoms with Crippen molar-refractivity contribution in [2.45, 2.75) is 12.6 Å². The van der Waals surface area contributed by atoms with Crippen molar-refractivity contribution in [3.63, 3.8) is 0 Å². The van der Waals surface area contributed by atoms with Crippen LogP contribution in [0.15, 0.2) is 48.5 Å². The molecule has 2 N–H and O–H groups in total. The van der Waals surface area contributed by atoms with E-state index in [9.17, 15) is 23.9 Å². The minimum atomic E-state index is -1.61. The molecular weight excluding hydrogens is 477 g/mol. The van der Waals surface area contributed by atoms with Gasteiger partial charge in [-0.05, 0) is 17.7 Å². The number of nitriles is 1. The number of rotatable bonds is 8. The third kappa shape index (κ3) is 5.56. The lowest BCUT2D eigenvalue weighted by molar-refractivity contribution is -0.139. The molecule has 1 aliphatic heterocycles. The Balaban J connectivity index is 1.69. The van der Waals surface area contributed by atoms with E-state index in [1.807, 2.05) is 36.4 Å². The van der Waals surface area contributed by atoms with Gasteiger partial charge in [-0.25, -0.2) is 8.78 Å². The molecule has 36 heavy (non-hydrogen) atoms. The summed E-state index contributed by atoms with van der Waals surface area (Å²) >= 11 is 0. The van der Waals surface area contributed by atoms with Gasteiger partial charge in [0.2, 0.25) is 0 Å². The first-order valence-corrected chi connectivity index (χ1v) is 11.0. The maximum atomic E-state index is 15.6. The van der Waals surface area contributed by atoms with Crippen LogP contribution < -0.4 is 14.8 Å². The molecule has 2 heterocycles. The van der Waals surface area contributed by atoms with Crippen LogP contribution in [0.2, 0.25) is 0 Å².